The van der Waals surface area contributed by atoms with Crippen LogP contribution in [0.25, 0.3) is 0 Å². The van der Waals surface area contributed by atoms with E-state index in [9.17, 15) is 13.2 Å². The van der Waals surface area contributed by atoms with E-state index in [-0.39, 0.29) is 27.4 Å². The molecule has 1 spiro atoms. The Morgan fingerprint density at radius 3 is 2.91 bits per heavy atom. The normalized spacial score (nSPS) is 29.1. The molecule has 1 aromatic carbocycles. The van der Waals surface area contributed by atoms with Gasteiger partial charge in [-0.2, -0.15) is 4.31 Å². The molecule has 0 N–H and O–H groups in total. The van der Waals surface area contributed by atoms with Crippen molar-refractivity contribution in [2.24, 2.45) is 5.92 Å². The number of methoxy groups -OCH3 is 1. The Bertz CT molecular complexity index is 1220. The van der Waals surface area contributed by atoms with Crippen LogP contribution in [0.2, 0.25) is 5.02 Å². The van der Waals surface area contributed by atoms with E-state index < -0.39 is 27.9 Å². The van der Waals surface area contributed by atoms with E-state index in [4.69, 9.17) is 21.1 Å². The van der Waals surface area contributed by atoms with Gasteiger partial charge in [0, 0.05) is 30.2 Å². The zero-order valence-corrected chi connectivity index (χ0v) is 20.3. The van der Waals surface area contributed by atoms with Crippen LogP contribution in [0.5, 0.6) is 0 Å². The number of rotatable bonds is 6. The molecule has 0 aliphatic carbocycles. The molecule has 8 nitrogen and oxygen atoms in total. The highest BCUT2D eigenvalue weighted by atomic mass is 35.5. The smallest absolute Gasteiger partial charge is 0.337 e. The number of hydrogen-bond donors (Lipinski definition) is 0. The standard InChI is InChI=1S/C24H26ClN3O5S/c1-3-17-14-27(15-19-7-4-5-10-26-19)22-21-8-6-9-24(17,33-22)28(21)34(30,31)20-12-16(23(29)32-2)11-18(25)13-20/h3-5,7,10-13,17,21-22H,1,6,8-9,14-15H2,2H3/t17-,21+,22?,24-/m1/s1. The number of halogens is 1. The molecule has 180 valence electrons. The Kier molecular flexibility index (Phi) is 6.02. The molecule has 10 heteroatoms. The largest absolute Gasteiger partial charge is 0.465 e. The van der Waals surface area contributed by atoms with Gasteiger partial charge in [-0.3, -0.25) is 9.88 Å². The molecule has 4 heterocycles. The maximum Gasteiger partial charge on any atom is 0.337 e. The van der Waals surface area contributed by atoms with Crippen molar-refractivity contribution in [2.45, 2.75) is 48.7 Å². The van der Waals surface area contributed by atoms with Crippen LogP contribution in [-0.4, -0.2) is 60.2 Å². The summed E-state index contributed by atoms with van der Waals surface area (Å²) in [7, 11) is -2.82. The minimum absolute atomic E-state index is 0.0538. The van der Waals surface area contributed by atoms with E-state index in [2.05, 4.69) is 16.5 Å². The average Bonchev–Trinajstić information content (AvgIpc) is 3.02. The van der Waals surface area contributed by atoms with E-state index in [1.54, 1.807) is 12.3 Å². The molecule has 1 unspecified atom stereocenters. The quantitative estimate of drug-likeness (QED) is 0.440. The Morgan fingerprint density at radius 1 is 1.38 bits per heavy atom. The molecular formula is C24H26ClN3O5S. The van der Waals surface area contributed by atoms with Crippen molar-refractivity contribution >= 4 is 27.6 Å². The Balaban J connectivity index is 1.57. The number of piperidine rings is 1. The van der Waals surface area contributed by atoms with Crippen LogP contribution >= 0.6 is 11.6 Å². The number of nitrogens with zero attached hydrogens (tertiary/aromatic N) is 3. The second kappa shape index (κ2) is 8.73. The predicted octanol–water partition coefficient (Wildman–Crippen LogP) is 3.44. The summed E-state index contributed by atoms with van der Waals surface area (Å²) in [4.78, 5) is 18.6. The van der Waals surface area contributed by atoms with Gasteiger partial charge in [0.05, 0.1) is 29.3 Å². The second-order valence-electron chi connectivity index (χ2n) is 8.87. The zero-order valence-electron chi connectivity index (χ0n) is 18.8. The summed E-state index contributed by atoms with van der Waals surface area (Å²) in [5.41, 5.74) is -0.0580. The first kappa shape index (κ1) is 23.4. The number of carbonyl (C=O) groups excluding carboxylic acids is 1. The van der Waals surface area contributed by atoms with Gasteiger partial charge in [-0.25, -0.2) is 13.2 Å². The average molecular weight is 504 g/mol. The van der Waals surface area contributed by atoms with Crippen molar-refractivity contribution < 1.29 is 22.7 Å². The van der Waals surface area contributed by atoms with Crippen LogP contribution in [0.3, 0.4) is 0 Å². The van der Waals surface area contributed by atoms with Gasteiger partial charge in [-0.1, -0.05) is 23.7 Å². The first-order valence-electron chi connectivity index (χ1n) is 11.2. The van der Waals surface area contributed by atoms with E-state index in [0.717, 1.165) is 12.1 Å². The van der Waals surface area contributed by atoms with Gasteiger partial charge in [0.15, 0.2) is 0 Å². The monoisotopic (exact) mass is 503 g/mol. The number of aromatic nitrogens is 1. The van der Waals surface area contributed by atoms with Crippen LogP contribution in [0.4, 0.5) is 0 Å². The predicted molar refractivity (Wildman–Crippen MR) is 125 cm³/mol. The minimum atomic E-state index is -4.06. The fourth-order valence-corrected chi connectivity index (χ4v) is 7.86. The first-order valence-corrected chi connectivity index (χ1v) is 13.0. The third kappa shape index (κ3) is 3.67. The van der Waals surface area contributed by atoms with Gasteiger partial charge in [0.25, 0.3) is 0 Å². The Labute approximate surface area is 204 Å². The molecule has 0 amide bonds. The van der Waals surface area contributed by atoms with Crippen LogP contribution in [0.1, 0.15) is 35.3 Å². The number of esters is 1. The number of hydrogen-bond acceptors (Lipinski definition) is 7. The number of ether oxygens (including phenoxy) is 2. The molecule has 3 saturated heterocycles. The molecule has 3 fully saturated rings. The SMILES string of the molecule is C=C[C@@H]1CN(Cc2ccccn2)C2O[C@]13CCC[C@@H]2N3S(=O)(=O)c1cc(Cl)cc(C(=O)OC)c1. The second-order valence-corrected chi connectivity index (χ2v) is 11.1. The highest BCUT2D eigenvalue weighted by Gasteiger charge is 2.66. The van der Waals surface area contributed by atoms with Crippen LogP contribution < -0.4 is 0 Å². The van der Waals surface area contributed by atoms with Gasteiger partial charge in [-0.05, 0) is 49.6 Å². The molecule has 3 aliphatic heterocycles. The number of fused-ring (bicyclic) bond motifs is 3. The topological polar surface area (TPSA) is 89.0 Å². The van der Waals surface area contributed by atoms with Gasteiger partial charge >= 0.3 is 5.97 Å². The molecule has 3 aliphatic rings. The third-order valence-corrected chi connectivity index (χ3v) is 9.11. The van der Waals surface area contributed by atoms with E-state index in [0.29, 0.717) is 25.9 Å². The number of pyridine rings is 1. The summed E-state index contributed by atoms with van der Waals surface area (Å²) in [5.74, 6) is -0.897. The summed E-state index contributed by atoms with van der Waals surface area (Å²) in [6.07, 6.45) is 5.20. The number of benzene rings is 1. The van der Waals surface area contributed by atoms with Gasteiger partial charge < -0.3 is 9.47 Å². The fraction of sp³-hybridized carbons (Fsp3) is 0.417. The lowest BCUT2D eigenvalue weighted by Gasteiger charge is -2.47. The van der Waals surface area contributed by atoms with Crippen molar-refractivity contribution in [3.63, 3.8) is 0 Å². The third-order valence-electron chi connectivity index (χ3n) is 6.96. The number of sulfonamides is 1. The van der Waals surface area contributed by atoms with Gasteiger partial charge in [0.1, 0.15) is 12.0 Å². The van der Waals surface area contributed by atoms with Crippen molar-refractivity contribution in [1.82, 2.24) is 14.2 Å². The zero-order chi connectivity index (χ0) is 24.1. The summed E-state index contributed by atoms with van der Waals surface area (Å²) < 4.78 is 41.1. The molecule has 4 atom stereocenters. The Hall–Kier alpha value is -2.30. The summed E-state index contributed by atoms with van der Waals surface area (Å²) >= 11 is 6.21. The number of carbonyl (C=O) groups is 1. The lowest BCUT2D eigenvalue weighted by atomic mass is 9.87. The van der Waals surface area contributed by atoms with Crippen LogP contribution in [0, 0.1) is 5.92 Å². The minimum Gasteiger partial charge on any atom is -0.465 e. The maximum atomic E-state index is 14.1. The van der Waals surface area contributed by atoms with E-state index in [1.807, 2.05) is 18.2 Å². The summed E-state index contributed by atoms with van der Waals surface area (Å²) in [6, 6.07) is 9.44. The Morgan fingerprint density at radius 2 is 2.21 bits per heavy atom. The van der Waals surface area contributed by atoms with Crippen molar-refractivity contribution in [3.05, 3.63) is 71.5 Å². The summed E-state index contributed by atoms with van der Waals surface area (Å²) in [5, 5.41) is 0.143. The van der Waals surface area contributed by atoms with Crippen molar-refractivity contribution in [1.29, 1.82) is 0 Å². The van der Waals surface area contributed by atoms with Crippen molar-refractivity contribution in [2.75, 3.05) is 13.7 Å². The fourth-order valence-electron chi connectivity index (χ4n) is 5.54. The molecule has 3 bridgehead atoms. The highest BCUT2D eigenvalue weighted by Crippen LogP contribution is 2.54. The van der Waals surface area contributed by atoms with E-state index >= 15 is 0 Å². The van der Waals surface area contributed by atoms with Crippen molar-refractivity contribution in [3.8, 4) is 0 Å². The summed E-state index contributed by atoms with van der Waals surface area (Å²) in [6.45, 7) is 5.16. The molecule has 5 rings (SSSR count). The van der Waals surface area contributed by atoms with Crippen LogP contribution in [0.15, 0.2) is 60.1 Å². The maximum absolute atomic E-state index is 14.1. The van der Waals surface area contributed by atoms with Crippen LogP contribution in [-0.2, 0) is 26.0 Å². The molecule has 0 radical (unpaired) electrons. The molecule has 2 aromatic rings. The lowest BCUT2D eigenvalue weighted by molar-refractivity contribution is -0.193. The molecule has 34 heavy (non-hydrogen) atoms. The van der Waals surface area contributed by atoms with Gasteiger partial charge in [0.2, 0.25) is 10.0 Å². The molecule has 1 aromatic heterocycles. The first-order chi connectivity index (χ1) is 16.3. The van der Waals surface area contributed by atoms with Gasteiger partial charge in [-0.15, -0.1) is 6.58 Å². The molecular weight excluding hydrogens is 478 g/mol. The van der Waals surface area contributed by atoms with E-state index in [1.165, 1.54) is 29.6 Å². The molecule has 0 saturated carbocycles. The highest BCUT2D eigenvalue weighted by molar-refractivity contribution is 7.89. The lowest BCUT2D eigenvalue weighted by Crippen LogP contribution is -2.58.